The van der Waals surface area contributed by atoms with E-state index in [4.69, 9.17) is 0 Å². The number of unbranched alkanes of at least 4 members (excludes halogenated alkanes) is 1. The Labute approximate surface area is 137 Å². The van der Waals surface area contributed by atoms with Crippen molar-refractivity contribution in [2.45, 2.75) is 33.1 Å². The standard InChI is InChI=1S/C18H24N4O/c1-4-6-13-22(3)17-12-11-16(20-21-17)18(23)19-15-10-8-7-9-14(15)5-2/h7-12H,4-6,13H2,1-3H3,(H,19,23). The molecule has 0 radical (unpaired) electrons. The largest absolute Gasteiger partial charge is 0.358 e. The fourth-order valence-electron chi connectivity index (χ4n) is 2.30. The molecule has 122 valence electrons. The molecule has 2 aromatic rings. The van der Waals surface area contributed by atoms with Gasteiger partial charge < -0.3 is 10.2 Å². The fraction of sp³-hybridized carbons (Fsp3) is 0.389. The second-order valence-corrected chi connectivity index (χ2v) is 5.52. The van der Waals surface area contributed by atoms with Gasteiger partial charge in [-0.15, -0.1) is 10.2 Å². The van der Waals surface area contributed by atoms with E-state index in [9.17, 15) is 4.79 Å². The van der Waals surface area contributed by atoms with Crippen LogP contribution in [0.2, 0.25) is 0 Å². The van der Waals surface area contributed by atoms with Gasteiger partial charge in [0.25, 0.3) is 5.91 Å². The lowest BCUT2D eigenvalue weighted by atomic mass is 10.1. The predicted molar refractivity (Wildman–Crippen MR) is 94.0 cm³/mol. The zero-order valence-electron chi connectivity index (χ0n) is 14.0. The maximum atomic E-state index is 12.3. The van der Waals surface area contributed by atoms with E-state index >= 15 is 0 Å². The minimum atomic E-state index is -0.235. The number of aromatic nitrogens is 2. The molecule has 1 aromatic heterocycles. The molecule has 0 aliphatic heterocycles. The molecule has 0 aliphatic rings. The maximum Gasteiger partial charge on any atom is 0.276 e. The zero-order chi connectivity index (χ0) is 16.7. The normalized spacial score (nSPS) is 10.4. The van der Waals surface area contributed by atoms with Crippen LogP contribution in [-0.2, 0) is 6.42 Å². The summed E-state index contributed by atoms with van der Waals surface area (Å²) in [5, 5.41) is 11.1. The molecule has 2 rings (SSSR count). The minimum absolute atomic E-state index is 0.235. The van der Waals surface area contributed by atoms with E-state index in [2.05, 4.69) is 29.4 Å². The molecule has 5 nitrogen and oxygen atoms in total. The van der Waals surface area contributed by atoms with Crippen molar-refractivity contribution in [3.05, 3.63) is 47.7 Å². The number of benzene rings is 1. The number of rotatable bonds is 7. The number of anilines is 2. The van der Waals surface area contributed by atoms with Gasteiger partial charge in [-0.25, -0.2) is 0 Å². The molecule has 0 bridgehead atoms. The van der Waals surface area contributed by atoms with Gasteiger partial charge in [0, 0.05) is 19.3 Å². The fourth-order valence-corrected chi connectivity index (χ4v) is 2.30. The van der Waals surface area contributed by atoms with Crippen molar-refractivity contribution in [1.29, 1.82) is 0 Å². The van der Waals surface area contributed by atoms with Crippen LogP contribution in [0.15, 0.2) is 36.4 Å². The quantitative estimate of drug-likeness (QED) is 0.849. The van der Waals surface area contributed by atoms with E-state index < -0.39 is 0 Å². The van der Waals surface area contributed by atoms with Gasteiger partial charge in [-0.2, -0.15) is 0 Å². The molecule has 5 heteroatoms. The Morgan fingerprint density at radius 3 is 2.57 bits per heavy atom. The van der Waals surface area contributed by atoms with Crippen molar-refractivity contribution in [3.8, 4) is 0 Å². The van der Waals surface area contributed by atoms with Gasteiger partial charge in [0.1, 0.15) is 0 Å². The number of aryl methyl sites for hydroxylation is 1. The first kappa shape index (κ1) is 16.9. The van der Waals surface area contributed by atoms with Crippen molar-refractivity contribution in [2.24, 2.45) is 0 Å². The lowest BCUT2D eigenvalue weighted by molar-refractivity contribution is 0.102. The number of carbonyl (C=O) groups excluding carboxylic acids is 1. The number of nitrogens with one attached hydrogen (secondary N) is 1. The van der Waals surface area contributed by atoms with E-state index in [-0.39, 0.29) is 5.91 Å². The Morgan fingerprint density at radius 1 is 1.13 bits per heavy atom. The topological polar surface area (TPSA) is 58.1 Å². The summed E-state index contributed by atoms with van der Waals surface area (Å²) in [6.45, 7) is 5.15. The Morgan fingerprint density at radius 2 is 1.91 bits per heavy atom. The highest BCUT2D eigenvalue weighted by atomic mass is 16.1. The van der Waals surface area contributed by atoms with Crippen LogP contribution in [0.1, 0.15) is 42.7 Å². The number of carbonyl (C=O) groups is 1. The van der Waals surface area contributed by atoms with Gasteiger partial charge in [0.2, 0.25) is 0 Å². The van der Waals surface area contributed by atoms with Crippen molar-refractivity contribution < 1.29 is 4.79 Å². The van der Waals surface area contributed by atoms with Gasteiger partial charge in [0.05, 0.1) is 0 Å². The molecular weight excluding hydrogens is 288 g/mol. The highest BCUT2D eigenvalue weighted by Crippen LogP contribution is 2.16. The second-order valence-electron chi connectivity index (χ2n) is 5.52. The van der Waals surface area contributed by atoms with Crippen LogP contribution >= 0.6 is 0 Å². The third-order valence-corrected chi connectivity index (χ3v) is 3.77. The van der Waals surface area contributed by atoms with E-state index in [1.807, 2.05) is 42.3 Å². The molecule has 0 unspecified atom stereocenters. The number of hydrogen-bond acceptors (Lipinski definition) is 4. The Kier molecular flexibility index (Phi) is 6.09. The Hall–Kier alpha value is -2.43. The van der Waals surface area contributed by atoms with Crippen molar-refractivity contribution >= 4 is 17.4 Å². The van der Waals surface area contributed by atoms with Gasteiger partial charge in [-0.1, -0.05) is 38.5 Å². The summed E-state index contributed by atoms with van der Waals surface area (Å²) in [5.74, 6) is 0.546. The molecule has 0 spiro atoms. The lowest BCUT2D eigenvalue weighted by Crippen LogP contribution is -2.21. The lowest BCUT2D eigenvalue weighted by Gasteiger charge is -2.17. The number of para-hydroxylation sites is 1. The molecule has 0 saturated carbocycles. The summed E-state index contributed by atoms with van der Waals surface area (Å²) in [5.41, 5.74) is 2.25. The highest BCUT2D eigenvalue weighted by Gasteiger charge is 2.11. The average molecular weight is 312 g/mol. The van der Waals surface area contributed by atoms with Gasteiger partial charge in [-0.3, -0.25) is 4.79 Å². The predicted octanol–water partition coefficient (Wildman–Crippen LogP) is 3.53. The maximum absolute atomic E-state index is 12.3. The van der Waals surface area contributed by atoms with Crippen molar-refractivity contribution in [2.75, 3.05) is 23.8 Å². The molecule has 1 aromatic carbocycles. The van der Waals surface area contributed by atoms with Gasteiger partial charge in [-0.05, 0) is 36.6 Å². The summed E-state index contributed by atoms with van der Waals surface area (Å²) in [6.07, 6.45) is 3.10. The molecule has 1 heterocycles. The van der Waals surface area contributed by atoms with E-state index in [1.54, 1.807) is 6.07 Å². The molecule has 0 aliphatic carbocycles. The zero-order valence-corrected chi connectivity index (χ0v) is 14.0. The monoisotopic (exact) mass is 312 g/mol. The molecule has 0 fully saturated rings. The number of nitrogens with zero attached hydrogens (tertiary/aromatic N) is 3. The summed E-state index contributed by atoms with van der Waals surface area (Å²) in [4.78, 5) is 14.4. The highest BCUT2D eigenvalue weighted by molar-refractivity contribution is 6.03. The minimum Gasteiger partial charge on any atom is -0.358 e. The summed E-state index contributed by atoms with van der Waals surface area (Å²) >= 11 is 0. The first-order valence-electron chi connectivity index (χ1n) is 8.09. The molecular formula is C18H24N4O. The van der Waals surface area contributed by atoms with Crippen LogP contribution in [0.5, 0.6) is 0 Å². The van der Waals surface area contributed by atoms with Crippen LogP contribution in [0.25, 0.3) is 0 Å². The van der Waals surface area contributed by atoms with E-state index in [1.165, 1.54) is 0 Å². The average Bonchev–Trinajstić information content (AvgIpc) is 2.60. The van der Waals surface area contributed by atoms with Crippen LogP contribution in [-0.4, -0.2) is 29.7 Å². The van der Waals surface area contributed by atoms with E-state index in [0.29, 0.717) is 5.69 Å². The number of hydrogen-bond donors (Lipinski definition) is 1. The first-order valence-corrected chi connectivity index (χ1v) is 8.09. The van der Waals surface area contributed by atoms with Crippen molar-refractivity contribution in [3.63, 3.8) is 0 Å². The second kappa shape index (κ2) is 8.27. The molecule has 23 heavy (non-hydrogen) atoms. The molecule has 0 atom stereocenters. The SMILES string of the molecule is CCCCN(C)c1ccc(C(=O)Nc2ccccc2CC)nn1. The van der Waals surface area contributed by atoms with Gasteiger partial charge >= 0.3 is 0 Å². The summed E-state index contributed by atoms with van der Waals surface area (Å²) in [7, 11) is 1.98. The molecule has 0 saturated heterocycles. The summed E-state index contributed by atoms with van der Waals surface area (Å²) < 4.78 is 0. The molecule has 1 N–H and O–H groups in total. The van der Waals surface area contributed by atoms with Crippen LogP contribution in [0.3, 0.4) is 0 Å². The number of amides is 1. The summed E-state index contributed by atoms with van der Waals surface area (Å²) in [6, 6.07) is 11.3. The first-order chi connectivity index (χ1) is 11.2. The third kappa shape index (κ3) is 4.52. The smallest absolute Gasteiger partial charge is 0.276 e. The van der Waals surface area contributed by atoms with Crippen LogP contribution < -0.4 is 10.2 Å². The van der Waals surface area contributed by atoms with Gasteiger partial charge in [0.15, 0.2) is 11.5 Å². The third-order valence-electron chi connectivity index (χ3n) is 3.77. The Balaban J connectivity index is 2.05. The van der Waals surface area contributed by atoms with Crippen LogP contribution in [0, 0.1) is 0 Å². The van der Waals surface area contributed by atoms with Crippen LogP contribution in [0.4, 0.5) is 11.5 Å². The van der Waals surface area contributed by atoms with Crippen molar-refractivity contribution in [1.82, 2.24) is 10.2 Å². The molecule has 1 amide bonds. The van der Waals surface area contributed by atoms with E-state index in [0.717, 1.165) is 42.9 Å². The Bertz CT molecular complexity index is 640.